The summed E-state index contributed by atoms with van der Waals surface area (Å²) in [4.78, 5) is 25.2. The number of rotatable bonds is 7. The smallest absolute Gasteiger partial charge is 0.325 e. The van der Waals surface area contributed by atoms with Crippen LogP contribution >= 0.6 is 0 Å². The van der Waals surface area contributed by atoms with E-state index in [0.717, 1.165) is 11.0 Å². The van der Waals surface area contributed by atoms with Crippen LogP contribution in [0.2, 0.25) is 0 Å². The van der Waals surface area contributed by atoms with Crippen LogP contribution in [0.15, 0.2) is 62.7 Å². The molecule has 8 heteroatoms. The topological polar surface area (TPSA) is 97.3 Å². The maximum Gasteiger partial charge on any atom is 0.325 e. The van der Waals surface area contributed by atoms with Crippen LogP contribution in [0.4, 0.5) is 0 Å². The molecule has 0 saturated carbocycles. The van der Waals surface area contributed by atoms with Gasteiger partial charge in [0.1, 0.15) is 28.6 Å². The third kappa shape index (κ3) is 4.25. The minimum Gasteiger partial charge on any atom is -0.467 e. The number of carbonyl (C=O) groups is 2. The Kier molecular flexibility index (Phi) is 5.65. The highest BCUT2D eigenvalue weighted by molar-refractivity contribution is 6.03. The van der Waals surface area contributed by atoms with Crippen molar-refractivity contribution in [1.29, 1.82) is 0 Å². The fourth-order valence-electron chi connectivity index (χ4n) is 3.48. The van der Waals surface area contributed by atoms with Gasteiger partial charge in [0.25, 0.3) is 5.91 Å². The van der Waals surface area contributed by atoms with Gasteiger partial charge in [0.2, 0.25) is 0 Å². The van der Waals surface area contributed by atoms with E-state index in [1.807, 2.05) is 36.4 Å². The van der Waals surface area contributed by atoms with E-state index < -0.39 is 17.6 Å². The number of nitrogens with zero attached hydrogens (tertiary/aromatic N) is 2. The second-order valence-electron chi connectivity index (χ2n) is 7.87. The van der Waals surface area contributed by atoms with E-state index in [1.165, 1.54) is 5.01 Å². The molecule has 162 valence electrons. The molecule has 0 aliphatic carbocycles. The van der Waals surface area contributed by atoms with Gasteiger partial charge in [0.15, 0.2) is 5.76 Å². The maximum atomic E-state index is 13.1. The van der Waals surface area contributed by atoms with Crippen LogP contribution in [0.1, 0.15) is 44.8 Å². The first-order valence-corrected chi connectivity index (χ1v) is 10.2. The first kappa shape index (κ1) is 20.9. The molecule has 3 aromatic rings. The molecule has 1 unspecified atom stereocenters. The predicted octanol–water partition coefficient (Wildman–Crippen LogP) is 3.63. The molecule has 8 nitrogen and oxygen atoms in total. The van der Waals surface area contributed by atoms with Crippen LogP contribution in [-0.4, -0.2) is 41.3 Å². The summed E-state index contributed by atoms with van der Waals surface area (Å²) in [6.07, 6.45) is 2.03. The van der Waals surface area contributed by atoms with E-state index in [4.69, 9.17) is 13.6 Å². The van der Waals surface area contributed by atoms with Crippen LogP contribution < -0.4 is 5.32 Å². The SMILES string of the molecule is CCOC(=O)C(C)(C)NCC(=O)N1N=C(c2cc3ccccc3o2)CC1c1ccco1. The van der Waals surface area contributed by atoms with Gasteiger partial charge in [0, 0.05) is 11.8 Å². The number of furan rings is 2. The zero-order valence-electron chi connectivity index (χ0n) is 17.8. The molecule has 1 aliphatic heterocycles. The van der Waals surface area contributed by atoms with Gasteiger partial charge in [-0.3, -0.25) is 14.9 Å². The van der Waals surface area contributed by atoms with E-state index in [-0.39, 0.29) is 19.1 Å². The fourth-order valence-corrected chi connectivity index (χ4v) is 3.48. The predicted molar refractivity (Wildman–Crippen MR) is 114 cm³/mol. The third-order valence-corrected chi connectivity index (χ3v) is 5.21. The largest absolute Gasteiger partial charge is 0.467 e. The second-order valence-corrected chi connectivity index (χ2v) is 7.87. The molecule has 3 heterocycles. The highest BCUT2D eigenvalue weighted by Crippen LogP contribution is 2.34. The molecular weight excluding hydrogens is 398 g/mol. The number of nitrogens with one attached hydrogen (secondary N) is 1. The zero-order chi connectivity index (χ0) is 22.0. The number of benzene rings is 1. The Hall–Kier alpha value is -3.39. The van der Waals surface area contributed by atoms with E-state index >= 15 is 0 Å². The van der Waals surface area contributed by atoms with Crippen LogP contribution in [0, 0.1) is 0 Å². The molecule has 1 atom stereocenters. The Labute approximate surface area is 179 Å². The standard InChI is InChI=1S/C23H25N3O5/c1-4-29-22(28)23(2,3)24-14-21(27)26-17(19-10-7-11-30-19)13-16(25-26)20-12-15-8-5-6-9-18(15)31-20/h5-12,17,24H,4,13-14H2,1-3H3. The Morgan fingerprint density at radius 2 is 2.06 bits per heavy atom. The summed E-state index contributed by atoms with van der Waals surface area (Å²) < 4.78 is 16.6. The van der Waals surface area contributed by atoms with E-state index in [9.17, 15) is 9.59 Å². The lowest BCUT2D eigenvalue weighted by atomic mass is 10.1. The number of para-hydroxylation sites is 1. The van der Waals surface area contributed by atoms with Gasteiger partial charge in [-0.1, -0.05) is 18.2 Å². The van der Waals surface area contributed by atoms with Crippen LogP contribution in [0.25, 0.3) is 11.0 Å². The fraction of sp³-hybridized carbons (Fsp3) is 0.348. The van der Waals surface area contributed by atoms with Gasteiger partial charge in [-0.05, 0) is 45.0 Å². The molecule has 1 N–H and O–H groups in total. The highest BCUT2D eigenvalue weighted by atomic mass is 16.5. The molecule has 1 amide bonds. The molecule has 31 heavy (non-hydrogen) atoms. The minimum absolute atomic E-state index is 0.0834. The summed E-state index contributed by atoms with van der Waals surface area (Å²) in [5.41, 5.74) is 0.421. The molecule has 0 saturated heterocycles. The maximum absolute atomic E-state index is 13.1. The molecule has 1 aliphatic rings. The minimum atomic E-state index is -1.00. The first-order chi connectivity index (χ1) is 14.9. The molecule has 0 fully saturated rings. The van der Waals surface area contributed by atoms with Gasteiger partial charge in [-0.25, -0.2) is 5.01 Å². The van der Waals surface area contributed by atoms with Gasteiger partial charge >= 0.3 is 5.97 Å². The molecule has 4 rings (SSSR count). The van der Waals surface area contributed by atoms with Crippen LogP contribution in [0.3, 0.4) is 0 Å². The summed E-state index contributed by atoms with van der Waals surface area (Å²) >= 11 is 0. The van der Waals surface area contributed by atoms with Gasteiger partial charge < -0.3 is 13.6 Å². The van der Waals surface area contributed by atoms with Crippen molar-refractivity contribution in [3.8, 4) is 0 Å². The number of hydrazone groups is 1. The van der Waals surface area contributed by atoms with Crippen LogP contribution in [-0.2, 0) is 14.3 Å². The Morgan fingerprint density at radius 1 is 1.26 bits per heavy atom. The normalized spacial score (nSPS) is 16.5. The van der Waals surface area contributed by atoms with E-state index in [0.29, 0.717) is 23.7 Å². The van der Waals surface area contributed by atoms with Crippen molar-refractivity contribution < 1.29 is 23.2 Å². The highest BCUT2D eigenvalue weighted by Gasteiger charge is 2.37. The molecule has 2 aromatic heterocycles. The van der Waals surface area contributed by atoms with Crippen molar-refractivity contribution in [3.05, 3.63) is 60.2 Å². The summed E-state index contributed by atoms with van der Waals surface area (Å²) in [6, 6.07) is 12.8. The number of amides is 1. The Balaban J connectivity index is 1.56. The molecule has 0 radical (unpaired) electrons. The summed E-state index contributed by atoms with van der Waals surface area (Å²) in [6.45, 7) is 5.28. The Morgan fingerprint density at radius 3 is 2.77 bits per heavy atom. The number of hydrogen-bond acceptors (Lipinski definition) is 7. The molecule has 1 aromatic carbocycles. The van der Waals surface area contributed by atoms with E-state index in [2.05, 4.69) is 10.4 Å². The molecule has 0 spiro atoms. The van der Waals surface area contributed by atoms with Gasteiger partial charge in [0.05, 0.1) is 19.4 Å². The lowest BCUT2D eigenvalue weighted by molar-refractivity contribution is -0.150. The monoisotopic (exact) mass is 423 g/mol. The third-order valence-electron chi connectivity index (χ3n) is 5.21. The van der Waals surface area contributed by atoms with Crippen LogP contribution in [0.5, 0.6) is 0 Å². The van der Waals surface area contributed by atoms with E-state index in [1.54, 1.807) is 33.1 Å². The average Bonchev–Trinajstić information content (AvgIpc) is 3.50. The average molecular weight is 423 g/mol. The number of esters is 1. The molecular formula is C23H25N3O5. The first-order valence-electron chi connectivity index (χ1n) is 10.2. The van der Waals surface area contributed by atoms with Crippen molar-refractivity contribution in [2.24, 2.45) is 5.10 Å². The lowest BCUT2D eigenvalue weighted by Gasteiger charge is -2.26. The quantitative estimate of drug-likeness (QED) is 0.583. The van der Waals surface area contributed by atoms with Gasteiger partial charge in [-0.2, -0.15) is 5.10 Å². The molecule has 0 bridgehead atoms. The second kappa shape index (κ2) is 8.39. The van der Waals surface area contributed by atoms with Crippen molar-refractivity contribution in [1.82, 2.24) is 10.3 Å². The number of carbonyl (C=O) groups excluding carboxylic acids is 2. The zero-order valence-corrected chi connectivity index (χ0v) is 17.8. The number of hydrogen-bond donors (Lipinski definition) is 1. The van der Waals surface area contributed by atoms with Gasteiger partial charge in [-0.15, -0.1) is 0 Å². The van der Waals surface area contributed by atoms with Crippen molar-refractivity contribution in [2.45, 2.75) is 38.8 Å². The summed E-state index contributed by atoms with van der Waals surface area (Å²) in [5, 5.41) is 9.90. The number of fused-ring (bicyclic) bond motifs is 1. The number of ether oxygens (including phenoxy) is 1. The van der Waals surface area contributed by atoms with Crippen molar-refractivity contribution in [3.63, 3.8) is 0 Å². The summed E-state index contributed by atoms with van der Waals surface area (Å²) in [7, 11) is 0. The lowest BCUT2D eigenvalue weighted by Crippen LogP contribution is -2.51. The van der Waals surface area contributed by atoms with Crippen molar-refractivity contribution in [2.75, 3.05) is 13.2 Å². The Bertz CT molecular complexity index is 1080. The summed E-state index contributed by atoms with van der Waals surface area (Å²) in [5.74, 6) is 0.545. The van der Waals surface area contributed by atoms with Crippen molar-refractivity contribution >= 4 is 28.6 Å².